The molecule has 2 N–H and O–H groups in total. The van der Waals surface area contributed by atoms with Crippen LogP contribution in [-0.4, -0.2) is 16.1 Å². The van der Waals surface area contributed by atoms with E-state index in [1.807, 2.05) is 0 Å². The minimum atomic E-state index is -0.531. The first-order chi connectivity index (χ1) is 8.06. The van der Waals surface area contributed by atoms with E-state index in [4.69, 9.17) is 16.0 Å². The molecule has 1 aromatic heterocycles. The van der Waals surface area contributed by atoms with Crippen molar-refractivity contribution in [2.45, 2.75) is 13.3 Å². The van der Waals surface area contributed by atoms with Crippen LogP contribution in [0.25, 0.3) is 11.0 Å². The number of alkyl halides is 1. The van der Waals surface area contributed by atoms with Gasteiger partial charge in [-0.15, -0.1) is 11.6 Å². The summed E-state index contributed by atoms with van der Waals surface area (Å²) in [7, 11) is 0. The number of hydrogen-bond acceptors (Lipinski definition) is 4. The van der Waals surface area contributed by atoms with Crippen LogP contribution < -0.4 is 5.63 Å². The summed E-state index contributed by atoms with van der Waals surface area (Å²) < 4.78 is 5.01. The van der Waals surface area contributed by atoms with E-state index in [1.54, 1.807) is 13.0 Å². The third-order valence-electron chi connectivity index (χ3n) is 2.75. The fraction of sp³-hybridized carbons (Fsp3) is 0.250. The highest BCUT2D eigenvalue weighted by Crippen LogP contribution is 2.34. The van der Waals surface area contributed by atoms with Gasteiger partial charge in [-0.3, -0.25) is 0 Å². The van der Waals surface area contributed by atoms with E-state index in [0.717, 1.165) is 0 Å². The topological polar surface area (TPSA) is 70.7 Å². The molecule has 0 amide bonds. The lowest BCUT2D eigenvalue weighted by atomic mass is 10.0. The summed E-state index contributed by atoms with van der Waals surface area (Å²) in [6.07, 6.45) is 0.410. The molecular formula is C12H11ClO4. The quantitative estimate of drug-likeness (QED) is 0.490. The summed E-state index contributed by atoms with van der Waals surface area (Å²) in [5, 5.41) is 19.6. The van der Waals surface area contributed by atoms with E-state index >= 15 is 0 Å². The third kappa shape index (κ3) is 1.85. The Bertz CT molecular complexity index is 630. The Kier molecular flexibility index (Phi) is 2.98. The first-order valence-corrected chi connectivity index (χ1v) is 5.63. The maximum atomic E-state index is 11.7. The second kappa shape index (κ2) is 4.30. The predicted octanol–water partition coefficient (Wildman–Crippen LogP) is 2.29. The van der Waals surface area contributed by atoms with Gasteiger partial charge in [-0.25, -0.2) is 4.79 Å². The molecule has 0 atom stereocenters. The molecule has 17 heavy (non-hydrogen) atoms. The van der Waals surface area contributed by atoms with E-state index in [-0.39, 0.29) is 11.3 Å². The van der Waals surface area contributed by atoms with Crippen molar-refractivity contribution in [1.82, 2.24) is 0 Å². The minimum Gasteiger partial charge on any atom is -0.504 e. The molecular weight excluding hydrogens is 244 g/mol. The van der Waals surface area contributed by atoms with Crippen molar-refractivity contribution in [2.75, 3.05) is 5.88 Å². The van der Waals surface area contributed by atoms with Crippen LogP contribution >= 0.6 is 11.6 Å². The van der Waals surface area contributed by atoms with Gasteiger partial charge in [-0.1, -0.05) is 0 Å². The highest BCUT2D eigenvalue weighted by atomic mass is 35.5. The van der Waals surface area contributed by atoms with Gasteiger partial charge in [0.25, 0.3) is 0 Å². The smallest absolute Gasteiger partial charge is 0.339 e. The molecule has 2 aromatic rings. The maximum Gasteiger partial charge on any atom is 0.339 e. The molecule has 90 valence electrons. The van der Waals surface area contributed by atoms with Crippen molar-refractivity contribution >= 4 is 22.6 Å². The summed E-state index contributed by atoms with van der Waals surface area (Å²) in [6, 6.07) is 2.95. The first kappa shape index (κ1) is 11.8. The zero-order valence-corrected chi connectivity index (χ0v) is 9.91. The molecule has 0 bridgehead atoms. The summed E-state index contributed by atoms with van der Waals surface area (Å²) in [5.74, 6) is -0.411. The highest BCUT2D eigenvalue weighted by Gasteiger charge is 2.15. The van der Waals surface area contributed by atoms with Crippen molar-refractivity contribution in [3.05, 3.63) is 33.7 Å². The molecule has 5 heteroatoms. The molecule has 0 fully saturated rings. The first-order valence-electron chi connectivity index (χ1n) is 5.09. The average molecular weight is 255 g/mol. The zero-order valence-electron chi connectivity index (χ0n) is 9.16. The molecule has 0 saturated carbocycles. The Hall–Kier alpha value is -1.68. The van der Waals surface area contributed by atoms with Gasteiger partial charge < -0.3 is 14.6 Å². The Labute approximate surface area is 102 Å². The standard InChI is InChI=1S/C12H11ClO4/c1-6-7-2-3-9(14)10(15)11(7)17-12(16)8(6)4-5-13/h2-3,14-15H,4-5H2,1H3. The summed E-state index contributed by atoms with van der Waals surface area (Å²) in [6.45, 7) is 1.76. The largest absolute Gasteiger partial charge is 0.504 e. The highest BCUT2D eigenvalue weighted by molar-refractivity contribution is 6.18. The molecule has 0 aliphatic heterocycles. The van der Waals surface area contributed by atoms with E-state index in [2.05, 4.69) is 0 Å². The number of benzene rings is 1. The van der Waals surface area contributed by atoms with Gasteiger partial charge in [-0.2, -0.15) is 0 Å². The number of rotatable bonds is 2. The van der Waals surface area contributed by atoms with Crippen molar-refractivity contribution in [2.24, 2.45) is 0 Å². The van der Waals surface area contributed by atoms with Gasteiger partial charge in [0.15, 0.2) is 11.3 Å². The van der Waals surface area contributed by atoms with E-state index in [0.29, 0.717) is 28.8 Å². The number of hydrogen-bond donors (Lipinski definition) is 2. The van der Waals surface area contributed by atoms with E-state index in [1.165, 1.54) is 6.07 Å². The fourth-order valence-corrected chi connectivity index (χ4v) is 2.00. The van der Waals surface area contributed by atoms with E-state index < -0.39 is 11.4 Å². The van der Waals surface area contributed by atoms with Gasteiger partial charge in [0.1, 0.15) is 0 Å². The Morgan fingerprint density at radius 2 is 2.06 bits per heavy atom. The number of phenols is 2. The Morgan fingerprint density at radius 3 is 2.71 bits per heavy atom. The summed E-state index contributed by atoms with van der Waals surface area (Å²) in [5.41, 5.74) is 0.687. The number of aryl methyl sites for hydroxylation is 1. The monoisotopic (exact) mass is 254 g/mol. The van der Waals surface area contributed by atoms with E-state index in [9.17, 15) is 15.0 Å². The molecule has 0 saturated heterocycles. The summed E-state index contributed by atoms with van der Waals surface area (Å²) in [4.78, 5) is 11.7. The van der Waals surface area contributed by atoms with Crippen LogP contribution in [0.1, 0.15) is 11.1 Å². The second-order valence-electron chi connectivity index (χ2n) is 3.74. The number of aromatic hydroxyl groups is 2. The predicted molar refractivity (Wildman–Crippen MR) is 65.0 cm³/mol. The van der Waals surface area contributed by atoms with Crippen LogP contribution in [-0.2, 0) is 6.42 Å². The molecule has 1 aromatic carbocycles. The molecule has 0 unspecified atom stereocenters. The molecule has 1 heterocycles. The van der Waals surface area contributed by atoms with Gasteiger partial charge >= 0.3 is 5.63 Å². The fourth-order valence-electron chi connectivity index (χ4n) is 1.81. The Balaban J connectivity index is 2.86. The van der Waals surface area contributed by atoms with Crippen molar-refractivity contribution in [3.8, 4) is 11.5 Å². The third-order valence-corrected chi connectivity index (χ3v) is 2.94. The van der Waals surface area contributed by atoms with Gasteiger partial charge in [0.2, 0.25) is 5.75 Å². The van der Waals surface area contributed by atoms with Crippen molar-refractivity contribution in [3.63, 3.8) is 0 Å². The lowest BCUT2D eigenvalue weighted by molar-refractivity contribution is 0.397. The van der Waals surface area contributed by atoms with Crippen LogP contribution in [0.2, 0.25) is 0 Å². The molecule has 0 aliphatic carbocycles. The lowest BCUT2D eigenvalue weighted by Gasteiger charge is -2.08. The lowest BCUT2D eigenvalue weighted by Crippen LogP contribution is -2.10. The number of fused-ring (bicyclic) bond motifs is 1. The van der Waals surface area contributed by atoms with Crippen LogP contribution in [0.3, 0.4) is 0 Å². The number of halogens is 1. The van der Waals surface area contributed by atoms with Crippen LogP contribution in [0.4, 0.5) is 0 Å². The van der Waals surface area contributed by atoms with Crippen LogP contribution in [0.15, 0.2) is 21.3 Å². The summed E-state index contributed by atoms with van der Waals surface area (Å²) >= 11 is 5.62. The van der Waals surface area contributed by atoms with Gasteiger partial charge in [0.05, 0.1) is 0 Å². The zero-order chi connectivity index (χ0) is 12.6. The molecule has 0 radical (unpaired) electrons. The van der Waals surface area contributed by atoms with Gasteiger partial charge in [-0.05, 0) is 31.0 Å². The van der Waals surface area contributed by atoms with Crippen molar-refractivity contribution < 1.29 is 14.6 Å². The van der Waals surface area contributed by atoms with Crippen LogP contribution in [0, 0.1) is 6.92 Å². The SMILES string of the molecule is Cc1c(CCCl)c(=O)oc2c(O)c(O)ccc12. The molecule has 2 rings (SSSR count). The van der Waals surface area contributed by atoms with Gasteiger partial charge in [0, 0.05) is 16.8 Å². The van der Waals surface area contributed by atoms with Crippen LogP contribution in [0.5, 0.6) is 11.5 Å². The number of phenolic OH excluding ortho intramolecular Hbond substituents is 2. The molecule has 0 aliphatic rings. The Morgan fingerprint density at radius 1 is 1.35 bits per heavy atom. The molecule has 4 nitrogen and oxygen atoms in total. The average Bonchev–Trinajstić information content (AvgIpc) is 2.30. The second-order valence-corrected chi connectivity index (χ2v) is 4.12. The minimum absolute atomic E-state index is 0.00539. The normalized spacial score (nSPS) is 10.9. The maximum absolute atomic E-state index is 11.7. The van der Waals surface area contributed by atoms with Crippen molar-refractivity contribution in [1.29, 1.82) is 0 Å². The molecule has 0 spiro atoms.